The quantitative estimate of drug-likeness (QED) is 0.140. The Morgan fingerprint density at radius 2 is 1.80 bits per heavy atom. The van der Waals surface area contributed by atoms with Crippen molar-refractivity contribution in [1.29, 1.82) is 0 Å². The van der Waals surface area contributed by atoms with E-state index in [2.05, 4.69) is 25.8 Å². The number of nitrogens with one attached hydrogen (secondary N) is 4. The minimum absolute atomic E-state index is 0.000599. The number of pyridine rings is 1. The average Bonchev–Trinajstić information content (AvgIpc) is 3.82. The number of ether oxygens (including phenoxy) is 2. The summed E-state index contributed by atoms with van der Waals surface area (Å²) in [5.41, 5.74) is 0.858. The van der Waals surface area contributed by atoms with Gasteiger partial charge in [-0.15, -0.1) is 0 Å². The first-order chi connectivity index (χ1) is 21.5. The van der Waals surface area contributed by atoms with Crippen LogP contribution in [0.1, 0.15) is 62.2 Å². The first-order valence-electron chi connectivity index (χ1n) is 14.7. The van der Waals surface area contributed by atoms with Gasteiger partial charge in [0.15, 0.2) is 0 Å². The lowest BCUT2D eigenvalue weighted by atomic mass is 9.98. The molecule has 3 amide bonds. The van der Waals surface area contributed by atoms with Crippen molar-refractivity contribution in [2.45, 2.75) is 70.1 Å². The van der Waals surface area contributed by atoms with Crippen LogP contribution < -0.4 is 30.3 Å². The van der Waals surface area contributed by atoms with Gasteiger partial charge in [0.2, 0.25) is 0 Å². The van der Waals surface area contributed by atoms with Crippen LogP contribution in [0.2, 0.25) is 5.02 Å². The Kier molecular flexibility index (Phi) is 10.1. The van der Waals surface area contributed by atoms with Crippen LogP contribution in [0.4, 0.5) is 10.5 Å². The third-order valence-electron chi connectivity index (χ3n) is 7.43. The summed E-state index contributed by atoms with van der Waals surface area (Å²) >= 11 is 6.42. The number of urea groups is 1. The molecule has 5 rings (SSSR count). The monoisotopic (exact) mass is 659 g/mol. The van der Waals surface area contributed by atoms with Crippen LogP contribution in [0.25, 0.3) is 10.9 Å². The summed E-state index contributed by atoms with van der Waals surface area (Å²) in [6.45, 7) is 1.31. The van der Waals surface area contributed by atoms with Crippen molar-refractivity contribution in [3.8, 4) is 17.2 Å². The number of carbonyl (C=O) groups is 3. The molecule has 45 heavy (non-hydrogen) atoms. The summed E-state index contributed by atoms with van der Waals surface area (Å²) in [4.78, 5) is 41.7. The second kappa shape index (κ2) is 14.0. The van der Waals surface area contributed by atoms with Crippen LogP contribution in [0.3, 0.4) is 0 Å². The zero-order valence-electron chi connectivity index (χ0n) is 24.8. The molecule has 2 aromatic carbocycles. The van der Waals surface area contributed by atoms with E-state index in [0.29, 0.717) is 40.9 Å². The summed E-state index contributed by atoms with van der Waals surface area (Å²) in [6, 6.07) is 8.02. The lowest BCUT2D eigenvalue weighted by molar-refractivity contribution is -0.138. The predicted octanol–water partition coefficient (Wildman–Crippen LogP) is 6.22. The Morgan fingerprint density at radius 1 is 1.04 bits per heavy atom. The molecule has 1 aromatic heterocycles. The number of fused-ring (bicyclic) bond motifs is 1. The summed E-state index contributed by atoms with van der Waals surface area (Å²) < 4.78 is 31.3. The first-order valence-corrected chi connectivity index (χ1v) is 16.7. The van der Waals surface area contributed by atoms with Crippen molar-refractivity contribution in [3.05, 3.63) is 53.2 Å². The Bertz CT molecular complexity index is 1650. The van der Waals surface area contributed by atoms with Gasteiger partial charge in [0, 0.05) is 29.8 Å². The molecule has 2 aliphatic carbocycles. The number of nitrogens with zero attached hydrogens (tertiary/aromatic N) is 1. The topological polar surface area (TPSA) is 177 Å². The molecule has 2 atom stereocenters. The molecule has 1 heterocycles. The highest BCUT2D eigenvalue weighted by Gasteiger charge is 2.35. The van der Waals surface area contributed by atoms with Gasteiger partial charge in [0.25, 0.3) is 5.91 Å². The summed E-state index contributed by atoms with van der Waals surface area (Å²) in [5.74, 6) is -1.23. The van der Waals surface area contributed by atoms with E-state index in [4.69, 9.17) is 25.6 Å². The fraction of sp³-hybridized carbons (Fsp3) is 0.400. The molecule has 5 N–H and O–H groups in total. The van der Waals surface area contributed by atoms with Crippen molar-refractivity contribution >= 4 is 53.8 Å². The van der Waals surface area contributed by atoms with E-state index < -0.39 is 31.7 Å². The van der Waals surface area contributed by atoms with Crippen molar-refractivity contribution in [2.24, 2.45) is 0 Å². The second-order valence-corrected chi connectivity index (χ2v) is 13.2. The summed E-state index contributed by atoms with van der Waals surface area (Å²) in [7, 11) is -2.81. The number of halogens is 1. The molecular weight excluding hydrogens is 625 g/mol. The molecule has 0 saturated heterocycles. The molecule has 13 nitrogen and oxygen atoms in total. The summed E-state index contributed by atoms with van der Waals surface area (Å²) in [5, 5.41) is 20.6. The highest BCUT2D eigenvalue weighted by atomic mass is 35.5. The Labute approximate surface area is 264 Å². The van der Waals surface area contributed by atoms with E-state index in [1.165, 1.54) is 32.4 Å². The van der Waals surface area contributed by atoms with E-state index in [1.54, 1.807) is 24.3 Å². The SMILES string of the molecule is COc1cc2nccc(Oc3ccc(NC(=O)NC4CC4)c(Cl)c3)c2cc1C(=O)NP(=O)(N[C@@H](C)C(=O)O)OC1CCCCC1. The maximum absolute atomic E-state index is 13.9. The standard InChI is InChI=1S/C30H35ClN5O8P/c1-17(29(38)39)35-45(41,44-19-6-4-3-5-7-19)36-28(37)22-15-21-25(16-27(22)42-2)32-13-12-26(21)43-20-10-11-24(23(31)14-20)34-30(40)33-18-8-9-18/h10-19H,3-9H2,1-2H3,(H,38,39)(H2,33,34,40)(H2,35,36,37,41)/t17-,45?/m0/s1. The molecule has 1 unspecified atom stereocenters. The van der Waals surface area contributed by atoms with Crippen LogP contribution in [0.15, 0.2) is 42.6 Å². The van der Waals surface area contributed by atoms with Crippen molar-refractivity contribution in [3.63, 3.8) is 0 Å². The average molecular weight is 660 g/mol. The van der Waals surface area contributed by atoms with E-state index in [1.807, 2.05) is 0 Å². The van der Waals surface area contributed by atoms with Crippen LogP contribution in [0.5, 0.6) is 17.2 Å². The lowest BCUT2D eigenvalue weighted by Crippen LogP contribution is -2.39. The number of anilines is 1. The molecule has 2 fully saturated rings. The van der Waals surface area contributed by atoms with Gasteiger partial charge in [-0.1, -0.05) is 30.9 Å². The minimum atomic E-state index is -4.18. The van der Waals surface area contributed by atoms with Crippen LogP contribution in [-0.2, 0) is 13.9 Å². The zero-order chi connectivity index (χ0) is 32.1. The third kappa shape index (κ3) is 8.43. The van der Waals surface area contributed by atoms with E-state index in [-0.39, 0.29) is 28.4 Å². The molecule has 2 aliphatic rings. The molecule has 15 heteroatoms. The number of carboxylic acid groups (broad SMARTS) is 1. The lowest BCUT2D eigenvalue weighted by Gasteiger charge is -2.29. The van der Waals surface area contributed by atoms with Gasteiger partial charge in [0.1, 0.15) is 23.3 Å². The molecule has 0 bridgehead atoms. The van der Waals surface area contributed by atoms with Crippen molar-refractivity contribution in [1.82, 2.24) is 20.5 Å². The van der Waals surface area contributed by atoms with Gasteiger partial charge in [0.05, 0.1) is 35.0 Å². The van der Waals surface area contributed by atoms with E-state index in [9.17, 15) is 24.1 Å². The highest BCUT2D eigenvalue weighted by molar-refractivity contribution is 7.55. The molecule has 0 aliphatic heterocycles. The van der Waals surface area contributed by atoms with Crippen LogP contribution in [0, 0.1) is 0 Å². The number of carboxylic acids is 1. The van der Waals surface area contributed by atoms with Crippen molar-refractivity contribution in [2.75, 3.05) is 12.4 Å². The number of carbonyl (C=O) groups excluding carboxylic acids is 2. The molecular formula is C30H35ClN5O8P. The van der Waals surface area contributed by atoms with Gasteiger partial charge in [-0.25, -0.2) is 14.4 Å². The molecule has 0 spiro atoms. The number of methoxy groups -OCH3 is 1. The summed E-state index contributed by atoms with van der Waals surface area (Å²) in [6.07, 6.45) is 7.10. The van der Waals surface area contributed by atoms with Gasteiger partial charge in [-0.3, -0.25) is 24.2 Å². The first kappa shape index (κ1) is 32.5. The van der Waals surface area contributed by atoms with E-state index in [0.717, 1.165) is 32.1 Å². The number of aliphatic carboxylic acids is 1. The molecule has 3 aromatic rings. The zero-order valence-corrected chi connectivity index (χ0v) is 26.5. The number of benzene rings is 2. The fourth-order valence-corrected chi connectivity index (χ4v) is 6.95. The molecule has 2 saturated carbocycles. The number of hydrogen-bond acceptors (Lipinski definition) is 8. The van der Waals surface area contributed by atoms with Crippen LogP contribution in [-0.4, -0.2) is 53.3 Å². The van der Waals surface area contributed by atoms with Gasteiger partial charge >= 0.3 is 19.7 Å². The number of rotatable bonds is 12. The number of amides is 3. The second-order valence-electron chi connectivity index (χ2n) is 11.0. The maximum atomic E-state index is 13.9. The van der Waals surface area contributed by atoms with Crippen LogP contribution >= 0.6 is 19.3 Å². The number of aromatic nitrogens is 1. The van der Waals surface area contributed by atoms with Gasteiger partial charge in [-0.2, -0.15) is 0 Å². The number of hydrogen-bond donors (Lipinski definition) is 5. The Morgan fingerprint density at radius 3 is 2.47 bits per heavy atom. The Hall–Kier alpha value is -3.90. The van der Waals surface area contributed by atoms with Crippen molar-refractivity contribution < 1.29 is 38.1 Å². The fourth-order valence-electron chi connectivity index (χ4n) is 4.92. The van der Waals surface area contributed by atoms with Gasteiger partial charge < -0.3 is 25.2 Å². The highest BCUT2D eigenvalue weighted by Crippen LogP contribution is 2.44. The maximum Gasteiger partial charge on any atom is 0.369 e. The minimum Gasteiger partial charge on any atom is -0.496 e. The normalized spacial score (nSPS) is 17.1. The van der Waals surface area contributed by atoms with Gasteiger partial charge in [-0.05, 0) is 56.9 Å². The smallest absolute Gasteiger partial charge is 0.369 e. The third-order valence-corrected chi connectivity index (χ3v) is 9.56. The largest absolute Gasteiger partial charge is 0.496 e. The molecule has 240 valence electrons. The predicted molar refractivity (Wildman–Crippen MR) is 168 cm³/mol. The molecule has 0 radical (unpaired) electrons. The van der Waals surface area contributed by atoms with E-state index >= 15 is 0 Å². The Balaban J connectivity index is 1.40.